The van der Waals surface area contributed by atoms with E-state index in [4.69, 9.17) is 0 Å². The van der Waals surface area contributed by atoms with Gasteiger partial charge in [-0.25, -0.2) is 0 Å². The minimum absolute atomic E-state index is 0.00454. The van der Waals surface area contributed by atoms with Crippen LogP contribution in [0, 0.1) is 0 Å². The summed E-state index contributed by atoms with van der Waals surface area (Å²) in [6, 6.07) is 18.6. The smallest absolute Gasteiger partial charge is 0.251 e. The fourth-order valence-corrected chi connectivity index (χ4v) is 3.47. The Kier molecular flexibility index (Phi) is 4.88. The maximum atomic E-state index is 12.1. The summed E-state index contributed by atoms with van der Waals surface area (Å²) in [4.78, 5) is 18.5. The summed E-state index contributed by atoms with van der Waals surface area (Å²) < 4.78 is 0. The zero-order chi connectivity index (χ0) is 18.6. The molecule has 1 aromatic heterocycles. The van der Waals surface area contributed by atoms with Gasteiger partial charge in [0.15, 0.2) is 0 Å². The third kappa shape index (κ3) is 3.70. The van der Waals surface area contributed by atoms with E-state index in [1.807, 2.05) is 48.8 Å². The van der Waals surface area contributed by atoms with Gasteiger partial charge < -0.3 is 10.2 Å². The summed E-state index contributed by atoms with van der Waals surface area (Å²) in [6.45, 7) is 4.54. The van der Waals surface area contributed by atoms with E-state index in [9.17, 15) is 4.79 Å². The molecule has 2 heterocycles. The number of fused-ring (bicyclic) bond motifs is 1. The van der Waals surface area contributed by atoms with Crippen LogP contribution < -0.4 is 10.2 Å². The standard InChI is InChI=1S/C23H23N3O/c1-2-11-25-23(27)18-5-7-22(8-6-18)26-15-20-4-3-19(14-21(20)16-26)17-9-12-24-13-10-17/h3-10,12-14H,2,11,15-16H2,1H3,(H,25,27). The van der Waals surface area contributed by atoms with Crippen LogP contribution in [0.2, 0.25) is 0 Å². The molecule has 1 aliphatic rings. The Hall–Kier alpha value is -3.14. The molecule has 0 saturated carbocycles. The van der Waals surface area contributed by atoms with Gasteiger partial charge in [0, 0.05) is 43.3 Å². The van der Waals surface area contributed by atoms with Gasteiger partial charge >= 0.3 is 0 Å². The van der Waals surface area contributed by atoms with Crippen molar-refractivity contribution in [1.29, 1.82) is 0 Å². The summed E-state index contributed by atoms with van der Waals surface area (Å²) in [6.07, 6.45) is 4.59. The van der Waals surface area contributed by atoms with Crippen molar-refractivity contribution in [1.82, 2.24) is 10.3 Å². The molecule has 0 unspecified atom stereocenters. The third-order valence-electron chi connectivity index (χ3n) is 4.97. The largest absolute Gasteiger partial charge is 0.363 e. The molecule has 0 saturated heterocycles. The second kappa shape index (κ2) is 7.62. The molecule has 0 aliphatic carbocycles. The predicted octanol–water partition coefficient (Wildman–Crippen LogP) is 4.41. The molecule has 27 heavy (non-hydrogen) atoms. The van der Waals surface area contributed by atoms with Gasteiger partial charge in [-0.05, 0) is 71.1 Å². The Labute approximate surface area is 159 Å². The van der Waals surface area contributed by atoms with Crippen molar-refractivity contribution in [3.8, 4) is 11.1 Å². The zero-order valence-electron chi connectivity index (χ0n) is 15.5. The Morgan fingerprint density at radius 3 is 2.44 bits per heavy atom. The van der Waals surface area contributed by atoms with Gasteiger partial charge in [0.05, 0.1) is 0 Å². The molecule has 1 N–H and O–H groups in total. The number of hydrogen-bond donors (Lipinski definition) is 1. The highest BCUT2D eigenvalue weighted by atomic mass is 16.1. The average molecular weight is 357 g/mol. The van der Waals surface area contributed by atoms with E-state index >= 15 is 0 Å². The highest BCUT2D eigenvalue weighted by Gasteiger charge is 2.20. The van der Waals surface area contributed by atoms with E-state index in [0.717, 1.165) is 25.2 Å². The van der Waals surface area contributed by atoms with Gasteiger partial charge in [-0.3, -0.25) is 9.78 Å². The maximum Gasteiger partial charge on any atom is 0.251 e. The van der Waals surface area contributed by atoms with Crippen LogP contribution in [0.1, 0.15) is 34.8 Å². The Morgan fingerprint density at radius 2 is 1.70 bits per heavy atom. The Bertz CT molecular complexity index is 936. The number of anilines is 1. The lowest BCUT2D eigenvalue weighted by Gasteiger charge is -2.18. The minimum atomic E-state index is -0.00454. The number of carbonyl (C=O) groups excluding carboxylic acids is 1. The van der Waals surface area contributed by atoms with Crippen LogP contribution in [0.3, 0.4) is 0 Å². The van der Waals surface area contributed by atoms with Crippen molar-refractivity contribution in [2.45, 2.75) is 26.4 Å². The lowest BCUT2D eigenvalue weighted by Crippen LogP contribution is -2.24. The molecule has 0 bridgehead atoms. The number of nitrogens with one attached hydrogen (secondary N) is 1. The Morgan fingerprint density at radius 1 is 0.963 bits per heavy atom. The fourth-order valence-electron chi connectivity index (χ4n) is 3.47. The topological polar surface area (TPSA) is 45.2 Å². The van der Waals surface area contributed by atoms with Gasteiger partial charge in [-0.2, -0.15) is 0 Å². The first kappa shape index (κ1) is 17.3. The minimum Gasteiger partial charge on any atom is -0.363 e. The monoisotopic (exact) mass is 357 g/mol. The zero-order valence-corrected chi connectivity index (χ0v) is 15.5. The van der Waals surface area contributed by atoms with Crippen LogP contribution >= 0.6 is 0 Å². The molecule has 1 aliphatic heterocycles. The maximum absolute atomic E-state index is 12.1. The van der Waals surface area contributed by atoms with Crippen molar-refractivity contribution in [2.24, 2.45) is 0 Å². The molecule has 0 fully saturated rings. The van der Waals surface area contributed by atoms with Gasteiger partial charge in [-0.15, -0.1) is 0 Å². The van der Waals surface area contributed by atoms with Crippen molar-refractivity contribution in [2.75, 3.05) is 11.4 Å². The first-order valence-electron chi connectivity index (χ1n) is 9.40. The molecule has 4 nitrogen and oxygen atoms in total. The molecule has 3 aromatic rings. The Balaban J connectivity index is 1.49. The number of aromatic nitrogens is 1. The molecular weight excluding hydrogens is 334 g/mol. The molecule has 2 aromatic carbocycles. The summed E-state index contributed by atoms with van der Waals surface area (Å²) in [5.74, 6) is -0.00454. The molecule has 1 amide bonds. The summed E-state index contributed by atoms with van der Waals surface area (Å²) in [5.41, 5.74) is 6.98. The highest BCUT2D eigenvalue weighted by molar-refractivity contribution is 5.94. The van der Waals surface area contributed by atoms with E-state index in [-0.39, 0.29) is 5.91 Å². The SMILES string of the molecule is CCCNC(=O)c1ccc(N2Cc3ccc(-c4ccncc4)cc3C2)cc1. The van der Waals surface area contributed by atoms with Gasteiger partial charge in [-0.1, -0.05) is 19.1 Å². The quantitative estimate of drug-likeness (QED) is 0.736. The predicted molar refractivity (Wildman–Crippen MR) is 109 cm³/mol. The number of pyridine rings is 1. The van der Waals surface area contributed by atoms with E-state index in [0.29, 0.717) is 12.1 Å². The van der Waals surface area contributed by atoms with Crippen molar-refractivity contribution >= 4 is 11.6 Å². The molecule has 4 heteroatoms. The van der Waals surface area contributed by atoms with Gasteiger partial charge in [0.25, 0.3) is 5.91 Å². The van der Waals surface area contributed by atoms with Crippen LogP contribution in [0.25, 0.3) is 11.1 Å². The van der Waals surface area contributed by atoms with E-state index in [1.54, 1.807) is 0 Å². The number of rotatable bonds is 5. The van der Waals surface area contributed by atoms with Crippen LogP contribution in [0.4, 0.5) is 5.69 Å². The van der Waals surface area contributed by atoms with Crippen LogP contribution in [0.15, 0.2) is 67.0 Å². The van der Waals surface area contributed by atoms with Crippen molar-refractivity contribution < 1.29 is 4.79 Å². The van der Waals surface area contributed by atoms with Gasteiger partial charge in [0.1, 0.15) is 0 Å². The lowest BCUT2D eigenvalue weighted by molar-refractivity contribution is 0.0953. The summed E-state index contributed by atoms with van der Waals surface area (Å²) >= 11 is 0. The number of hydrogen-bond acceptors (Lipinski definition) is 3. The van der Waals surface area contributed by atoms with Crippen LogP contribution in [0.5, 0.6) is 0 Å². The van der Waals surface area contributed by atoms with Gasteiger partial charge in [0.2, 0.25) is 0 Å². The number of benzene rings is 2. The molecule has 136 valence electrons. The van der Waals surface area contributed by atoms with E-state index in [2.05, 4.69) is 40.3 Å². The molecule has 0 atom stereocenters. The summed E-state index contributed by atoms with van der Waals surface area (Å²) in [5, 5.41) is 2.92. The first-order valence-corrected chi connectivity index (χ1v) is 9.40. The van der Waals surface area contributed by atoms with E-state index in [1.165, 1.54) is 22.3 Å². The molecule has 0 spiro atoms. The van der Waals surface area contributed by atoms with E-state index < -0.39 is 0 Å². The molecule has 4 rings (SSSR count). The number of carbonyl (C=O) groups is 1. The number of nitrogens with zero attached hydrogens (tertiary/aromatic N) is 2. The summed E-state index contributed by atoms with van der Waals surface area (Å²) in [7, 11) is 0. The van der Waals surface area contributed by atoms with Crippen molar-refractivity contribution in [3.05, 3.63) is 83.7 Å². The van der Waals surface area contributed by atoms with Crippen LogP contribution in [-0.4, -0.2) is 17.4 Å². The first-order chi connectivity index (χ1) is 13.2. The van der Waals surface area contributed by atoms with Crippen molar-refractivity contribution in [3.63, 3.8) is 0 Å². The average Bonchev–Trinajstić information content (AvgIpc) is 3.16. The normalized spacial score (nSPS) is 12.7. The van der Waals surface area contributed by atoms with Crippen LogP contribution in [-0.2, 0) is 13.1 Å². The number of amides is 1. The fraction of sp³-hybridized carbons (Fsp3) is 0.217. The lowest BCUT2D eigenvalue weighted by atomic mass is 10.0. The molecule has 0 radical (unpaired) electrons. The highest BCUT2D eigenvalue weighted by Crippen LogP contribution is 2.31. The second-order valence-electron chi connectivity index (χ2n) is 6.88. The second-order valence-corrected chi connectivity index (χ2v) is 6.88. The molecular formula is C23H23N3O. The third-order valence-corrected chi connectivity index (χ3v) is 4.97.